The van der Waals surface area contributed by atoms with E-state index in [1.54, 1.807) is 24.3 Å². The number of halogens is 1. The normalized spacial score (nSPS) is 10.3. The van der Waals surface area contributed by atoms with Crippen LogP contribution in [-0.4, -0.2) is 12.9 Å². The van der Waals surface area contributed by atoms with Gasteiger partial charge in [-0.2, -0.15) is 0 Å². The molecular weight excluding hydrogens is 271 g/mol. The zero-order valence-electron chi connectivity index (χ0n) is 12.3. The number of Topliss-reactive ketones (excluding diaryl/α,β-unsaturated/α-hetero) is 1. The molecule has 2 aromatic carbocycles. The number of carbonyl (C=O) groups is 1. The minimum absolute atomic E-state index is 0.0409. The van der Waals surface area contributed by atoms with Crippen molar-refractivity contribution >= 4 is 5.78 Å². The second-order valence-electron chi connectivity index (χ2n) is 4.78. The summed E-state index contributed by atoms with van der Waals surface area (Å²) in [4.78, 5) is 11.3. The molecular formula is C17H17FO3. The highest BCUT2D eigenvalue weighted by Gasteiger charge is 2.09. The minimum Gasteiger partial charge on any atom is -0.493 e. The van der Waals surface area contributed by atoms with Crippen LogP contribution in [0.1, 0.15) is 28.4 Å². The highest BCUT2D eigenvalue weighted by atomic mass is 19.1. The van der Waals surface area contributed by atoms with Crippen LogP contribution < -0.4 is 9.47 Å². The average molecular weight is 288 g/mol. The van der Waals surface area contributed by atoms with Crippen molar-refractivity contribution < 1.29 is 18.7 Å². The lowest BCUT2D eigenvalue weighted by atomic mass is 10.1. The van der Waals surface area contributed by atoms with Gasteiger partial charge in [0.1, 0.15) is 12.4 Å². The van der Waals surface area contributed by atoms with Gasteiger partial charge in [-0.1, -0.05) is 6.07 Å². The Balaban J connectivity index is 2.19. The van der Waals surface area contributed by atoms with E-state index < -0.39 is 0 Å². The van der Waals surface area contributed by atoms with Gasteiger partial charge in [0, 0.05) is 5.56 Å². The lowest BCUT2D eigenvalue weighted by molar-refractivity contribution is 0.101. The van der Waals surface area contributed by atoms with Gasteiger partial charge in [0.05, 0.1) is 7.11 Å². The molecule has 4 heteroatoms. The number of hydrogen-bond acceptors (Lipinski definition) is 3. The summed E-state index contributed by atoms with van der Waals surface area (Å²) in [5.74, 6) is 0.668. The molecule has 3 nitrogen and oxygen atoms in total. The number of methoxy groups -OCH3 is 1. The molecule has 0 aliphatic heterocycles. The lowest BCUT2D eigenvalue weighted by Gasteiger charge is -2.13. The van der Waals surface area contributed by atoms with Gasteiger partial charge >= 0.3 is 0 Å². The molecule has 2 rings (SSSR count). The van der Waals surface area contributed by atoms with E-state index in [0.717, 1.165) is 11.1 Å². The van der Waals surface area contributed by atoms with Gasteiger partial charge in [-0.3, -0.25) is 4.79 Å². The summed E-state index contributed by atoms with van der Waals surface area (Å²) in [6.45, 7) is 3.62. The maximum absolute atomic E-state index is 13.2. The first kappa shape index (κ1) is 15.0. The van der Waals surface area contributed by atoms with E-state index >= 15 is 0 Å². The molecule has 0 saturated heterocycles. The van der Waals surface area contributed by atoms with E-state index in [4.69, 9.17) is 9.47 Å². The summed E-state index contributed by atoms with van der Waals surface area (Å²) in [5, 5.41) is 0. The van der Waals surface area contributed by atoms with Crippen molar-refractivity contribution in [1.29, 1.82) is 0 Å². The zero-order chi connectivity index (χ0) is 15.4. The van der Waals surface area contributed by atoms with Crippen LogP contribution in [0, 0.1) is 12.7 Å². The van der Waals surface area contributed by atoms with E-state index in [1.807, 2.05) is 6.92 Å². The highest BCUT2D eigenvalue weighted by molar-refractivity contribution is 5.94. The van der Waals surface area contributed by atoms with E-state index in [9.17, 15) is 9.18 Å². The predicted molar refractivity (Wildman–Crippen MR) is 78.5 cm³/mol. The Morgan fingerprint density at radius 1 is 1.14 bits per heavy atom. The monoisotopic (exact) mass is 288 g/mol. The molecule has 110 valence electrons. The van der Waals surface area contributed by atoms with E-state index in [-0.39, 0.29) is 18.2 Å². The van der Waals surface area contributed by atoms with Gasteiger partial charge in [-0.05, 0) is 55.3 Å². The molecule has 0 spiro atoms. The van der Waals surface area contributed by atoms with Crippen LogP contribution in [-0.2, 0) is 6.61 Å². The Kier molecular flexibility index (Phi) is 4.58. The fourth-order valence-corrected chi connectivity index (χ4v) is 1.96. The van der Waals surface area contributed by atoms with Gasteiger partial charge in [-0.15, -0.1) is 0 Å². The van der Waals surface area contributed by atoms with Crippen LogP contribution in [0.25, 0.3) is 0 Å². The molecule has 0 fully saturated rings. The van der Waals surface area contributed by atoms with Crippen LogP contribution in [0.3, 0.4) is 0 Å². The summed E-state index contributed by atoms with van der Waals surface area (Å²) in [6.07, 6.45) is 0. The Bertz CT molecular complexity index is 665. The van der Waals surface area contributed by atoms with E-state index in [0.29, 0.717) is 17.1 Å². The molecule has 0 aromatic heterocycles. The Hall–Kier alpha value is -2.36. The SMILES string of the molecule is COc1cc(C(C)=O)ccc1OCc1cc(F)ccc1C. The van der Waals surface area contributed by atoms with Crippen LogP contribution in [0.2, 0.25) is 0 Å². The topological polar surface area (TPSA) is 35.5 Å². The number of rotatable bonds is 5. The summed E-state index contributed by atoms with van der Waals surface area (Å²) in [7, 11) is 1.51. The van der Waals surface area contributed by atoms with E-state index in [1.165, 1.54) is 26.2 Å². The molecule has 0 N–H and O–H groups in total. The number of ether oxygens (including phenoxy) is 2. The third-order valence-electron chi connectivity index (χ3n) is 3.26. The van der Waals surface area contributed by atoms with Crippen molar-refractivity contribution in [2.75, 3.05) is 7.11 Å². The molecule has 0 saturated carbocycles. The molecule has 21 heavy (non-hydrogen) atoms. The van der Waals surface area contributed by atoms with Gasteiger partial charge in [0.25, 0.3) is 0 Å². The first-order valence-corrected chi connectivity index (χ1v) is 6.58. The Labute approximate surface area is 123 Å². The van der Waals surface area contributed by atoms with Gasteiger partial charge in [0.15, 0.2) is 17.3 Å². The van der Waals surface area contributed by atoms with Crippen molar-refractivity contribution in [3.05, 3.63) is 58.9 Å². The van der Waals surface area contributed by atoms with Crippen LogP contribution in [0.4, 0.5) is 4.39 Å². The number of carbonyl (C=O) groups excluding carboxylic acids is 1. The van der Waals surface area contributed by atoms with Crippen molar-refractivity contribution in [2.45, 2.75) is 20.5 Å². The smallest absolute Gasteiger partial charge is 0.161 e. The van der Waals surface area contributed by atoms with Crippen molar-refractivity contribution in [3.63, 3.8) is 0 Å². The van der Waals surface area contributed by atoms with Gasteiger partial charge in [-0.25, -0.2) is 4.39 Å². The van der Waals surface area contributed by atoms with Crippen molar-refractivity contribution in [2.24, 2.45) is 0 Å². The van der Waals surface area contributed by atoms with Crippen LogP contribution >= 0.6 is 0 Å². The molecule has 0 unspecified atom stereocenters. The van der Waals surface area contributed by atoms with Crippen molar-refractivity contribution in [1.82, 2.24) is 0 Å². The third kappa shape index (κ3) is 3.60. The first-order chi connectivity index (χ1) is 10.0. The Morgan fingerprint density at radius 2 is 1.90 bits per heavy atom. The molecule has 2 aromatic rings. The largest absolute Gasteiger partial charge is 0.493 e. The summed E-state index contributed by atoms with van der Waals surface area (Å²) in [5.41, 5.74) is 2.28. The average Bonchev–Trinajstić information content (AvgIpc) is 2.47. The predicted octanol–water partition coefficient (Wildman–Crippen LogP) is 3.92. The first-order valence-electron chi connectivity index (χ1n) is 6.58. The third-order valence-corrected chi connectivity index (χ3v) is 3.26. The summed E-state index contributed by atoms with van der Waals surface area (Å²) >= 11 is 0. The number of aryl methyl sites for hydroxylation is 1. The van der Waals surface area contributed by atoms with E-state index in [2.05, 4.69) is 0 Å². The maximum atomic E-state index is 13.2. The molecule has 0 bridgehead atoms. The molecule has 0 atom stereocenters. The molecule has 0 aliphatic rings. The summed E-state index contributed by atoms with van der Waals surface area (Å²) in [6, 6.07) is 9.58. The van der Waals surface area contributed by atoms with Crippen LogP contribution in [0.5, 0.6) is 11.5 Å². The second-order valence-corrected chi connectivity index (χ2v) is 4.78. The second kappa shape index (κ2) is 6.39. The molecule has 0 amide bonds. The standard InChI is InChI=1S/C17H17FO3/c1-11-4-6-15(18)8-14(11)10-21-16-7-5-13(12(2)19)9-17(16)20-3/h4-9H,10H2,1-3H3. The summed E-state index contributed by atoms with van der Waals surface area (Å²) < 4.78 is 24.2. The zero-order valence-corrected chi connectivity index (χ0v) is 12.3. The molecule has 0 aliphatic carbocycles. The minimum atomic E-state index is -0.293. The quantitative estimate of drug-likeness (QED) is 0.782. The van der Waals surface area contributed by atoms with Gasteiger partial charge in [0.2, 0.25) is 0 Å². The maximum Gasteiger partial charge on any atom is 0.161 e. The van der Waals surface area contributed by atoms with Crippen molar-refractivity contribution in [3.8, 4) is 11.5 Å². The lowest BCUT2D eigenvalue weighted by Crippen LogP contribution is -2.01. The highest BCUT2D eigenvalue weighted by Crippen LogP contribution is 2.29. The Morgan fingerprint density at radius 3 is 2.57 bits per heavy atom. The van der Waals surface area contributed by atoms with Gasteiger partial charge < -0.3 is 9.47 Å². The van der Waals surface area contributed by atoms with Crippen LogP contribution in [0.15, 0.2) is 36.4 Å². The number of ketones is 1. The molecule has 0 heterocycles. The number of hydrogen-bond donors (Lipinski definition) is 0. The fourth-order valence-electron chi connectivity index (χ4n) is 1.96. The number of benzene rings is 2. The fraction of sp³-hybridized carbons (Fsp3) is 0.235. The molecule has 0 radical (unpaired) electrons.